The van der Waals surface area contributed by atoms with Gasteiger partial charge in [0.25, 0.3) is 0 Å². The summed E-state index contributed by atoms with van der Waals surface area (Å²) in [5, 5.41) is 12.1. The Kier molecular flexibility index (Phi) is 5.54. The number of hydrogen-bond donors (Lipinski definition) is 2. The molecule has 1 aromatic rings. The number of benzene rings is 1. The van der Waals surface area contributed by atoms with E-state index in [-0.39, 0.29) is 18.7 Å². The minimum atomic E-state index is -0.842. The van der Waals surface area contributed by atoms with Crippen molar-refractivity contribution in [1.82, 2.24) is 10.2 Å². The molecule has 0 aromatic heterocycles. The Balaban J connectivity index is 1.66. The minimum Gasteiger partial charge on any atom is -0.494 e. The van der Waals surface area contributed by atoms with Gasteiger partial charge >= 0.3 is 12.0 Å². The Hall–Kier alpha value is -2.44. The Morgan fingerprint density at radius 2 is 2.23 bits per heavy atom. The summed E-state index contributed by atoms with van der Waals surface area (Å²) < 4.78 is 11.5. The van der Waals surface area contributed by atoms with Gasteiger partial charge in [-0.15, -0.1) is 0 Å². The van der Waals surface area contributed by atoms with Crippen LogP contribution >= 0.6 is 0 Å². The fourth-order valence-corrected chi connectivity index (χ4v) is 3.56. The van der Waals surface area contributed by atoms with E-state index >= 15 is 0 Å². The molecule has 0 radical (unpaired) electrons. The van der Waals surface area contributed by atoms with Crippen LogP contribution in [0.25, 0.3) is 0 Å². The smallest absolute Gasteiger partial charge is 0.317 e. The molecule has 0 aliphatic carbocycles. The van der Waals surface area contributed by atoms with Gasteiger partial charge in [-0.25, -0.2) is 4.79 Å². The summed E-state index contributed by atoms with van der Waals surface area (Å²) in [6, 6.07) is 3.68. The van der Waals surface area contributed by atoms with Crippen LogP contribution in [0.4, 0.5) is 4.79 Å². The quantitative estimate of drug-likeness (QED) is 0.840. The second-order valence-corrected chi connectivity index (χ2v) is 6.92. The molecule has 1 aromatic carbocycles. The molecule has 3 rings (SSSR count). The maximum atomic E-state index is 12.4. The molecule has 2 aliphatic heterocycles. The Morgan fingerprint density at radius 1 is 1.42 bits per heavy atom. The summed E-state index contributed by atoms with van der Waals surface area (Å²) in [7, 11) is 0. The van der Waals surface area contributed by atoms with Crippen molar-refractivity contribution < 1.29 is 24.2 Å². The van der Waals surface area contributed by atoms with Crippen LogP contribution < -0.4 is 14.8 Å². The molecule has 7 nitrogen and oxygen atoms in total. The van der Waals surface area contributed by atoms with Gasteiger partial charge in [-0.05, 0) is 38.8 Å². The van der Waals surface area contributed by atoms with E-state index in [0.29, 0.717) is 32.5 Å². The molecule has 2 unspecified atom stereocenters. The van der Waals surface area contributed by atoms with Crippen molar-refractivity contribution in [2.24, 2.45) is 5.92 Å². The molecule has 142 valence electrons. The number of amides is 2. The predicted molar refractivity (Wildman–Crippen MR) is 95.6 cm³/mol. The molecule has 2 aliphatic rings. The monoisotopic (exact) mass is 362 g/mol. The van der Waals surface area contributed by atoms with Crippen molar-refractivity contribution in [3.63, 3.8) is 0 Å². The average Bonchev–Trinajstić information content (AvgIpc) is 2.98. The van der Waals surface area contributed by atoms with E-state index in [4.69, 9.17) is 14.6 Å². The van der Waals surface area contributed by atoms with Gasteiger partial charge < -0.3 is 24.8 Å². The van der Waals surface area contributed by atoms with Gasteiger partial charge in [0.15, 0.2) is 0 Å². The van der Waals surface area contributed by atoms with Crippen molar-refractivity contribution in [3.8, 4) is 11.5 Å². The second kappa shape index (κ2) is 7.85. The summed E-state index contributed by atoms with van der Waals surface area (Å²) in [6.07, 6.45) is 2.32. The van der Waals surface area contributed by atoms with E-state index in [1.165, 1.54) is 0 Å². The molecule has 1 saturated heterocycles. The molecule has 2 amide bonds. The van der Waals surface area contributed by atoms with Crippen molar-refractivity contribution in [2.45, 2.75) is 45.8 Å². The number of carboxylic acid groups (broad SMARTS) is 1. The maximum Gasteiger partial charge on any atom is 0.317 e. The first-order valence-electron chi connectivity index (χ1n) is 9.18. The van der Waals surface area contributed by atoms with Crippen molar-refractivity contribution in [1.29, 1.82) is 0 Å². The number of carbonyl (C=O) groups excluding carboxylic acids is 1. The number of fused-ring (bicyclic) bond motifs is 1. The van der Waals surface area contributed by atoms with E-state index in [2.05, 4.69) is 5.32 Å². The van der Waals surface area contributed by atoms with Gasteiger partial charge in [-0.3, -0.25) is 4.79 Å². The summed E-state index contributed by atoms with van der Waals surface area (Å²) in [4.78, 5) is 25.2. The number of hydrogen-bond acceptors (Lipinski definition) is 4. The highest BCUT2D eigenvalue weighted by molar-refractivity contribution is 5.76. The number of piperidine rings is 1. The molecule has 0 bridgehead atoms. The van der Waals surface area contributed by atoms with Crippen LogP contribution in [0.2, 0.25) is 0 Å². The van der Waals surface area contributed by atoms with Crippen molar-refractivity contribution >= 4 is 12.0 Å². The van der Waals surface area contributed by atoms with Gasteiger partial charge in [0.2, 0.25) is 0 Å². The predicted octanol–water partition coefficient (Wildman–Crippen LogP) is 2.41. The van der Waals surface area contributed by atoms with Crippen LogP contribution in [0, 0.1) is 5.92 Å². The van der Waals surface area contributed by atoms with Gasteiger partial charge in [0.05, 0.1) is 12.5 Å². The first-order chi connectivity index (χ1) is 12.5. The zero-order chi connectivity index (χ0) is 18.7. The normalized spacial score (nSPS) is 21.7. The molecule has 0 spiro atoms. The molecule has 26 heavy (non-hydrogen) atoms. The van der Waals surface area contributed by atoms with E-state index in [1.54, 1.807) is 4.90 Å². The third kappa shape index (κ3) is 4.03. The molecule has 7 heteroatoms. The Morgan fingerprint density at radius 3 is 2.96 bits per heavy atom. The van der Waals surface area contributed by atoms with Crippen LogP contribution in [0.1, 0.15) is 37.8 Å². The number of likely N-dealkylation sites (tertiary alicyclic amines) is 1. The Labute approximate surface area is 153 Å². The number of rotatable bonds is 5. The van der Waals surface area contributed by atoms with Gasteiger partial charge in [-0.1, -0.05) is 0 Å². The number of carbonyl (C=O) groups is 2. The van der Waals surface area contributed by atoms with E-state index in [0.717, 1.165) is 29.0 Å². The van der Waals surface area contributed by atoms with Gasteiger partial charge in [0.1, 0.15) is 17.6 Å². The minimum absolute atomic E-state index is 0.144. The standard InChI is InChI=1S/C19H26N2O5/c1-3-25-16-8-14-7-12(2)26-17(14)9-15(16)10-20-19(24)21-6-4-5-13(11-21)18(22)23/h8-9,12-13H,3-7,10-11H2,1-2H3,(H,20,24)(H,22,23). The van der Waals surface area contributed by atoms with Crippen LogP contribution in [0.15, 0.2) is 12.1 Å². The van der Waals surface area contributed by atoms with E-state index < -0.39 is 11.9 Å². The topological polar surface area (TPSA) is 88.1 Å². The molecule has 1 fully saturated rings. The fraction of sp³-hybridized carbons (Fsp3) is 0.579. The van der Waals surface area contributed by atoms with Crippen LogP contribution in [0.3, 0.4) is 0 Å². The first kappa shape index (κ1) is 18.4. The maximum absolute atomic E-state index is 12.4. The van der Waals surface area contributed by atoms with Crippen LogP contribution in [0.5, 0.6) is 11.5 Å². The Bertz CT molecular complexity index is 691. The van der Waals surface area contributed by atoms with Gasteiger partial charge in [-0.2, -0.15) is 0 Å². The van der Waals surface area contributed by atoms with Crippen molar-refractivity contribution in [3.05, 3.63) is 23.3 Å². The molecular formula is C19H26N2O5. The van der Waals surface area contributed by atoms with Crippen LogP contribution in [-0.2, 0) is 17.8 Å². The third-order valence-electron chi connectivity index (χ3n) is 4.87. The fourth-order valence-electron chi connectivity index (χ4n) is 3.56. The van der Waals surface area contributed by atoms with Crippen molar-refractivity contribution in [2.75, 3.05) is 19.7 Å². The van der Waals surface area contributed by atoms with E-state index in [1.807, 2.05) is 26.0 Å². The number of aliphatic carboxylic acids is 1. The zero-order valence-corrected chi connectivity index (χ0v) is 15.3. The van der Waals surface area contributed by atoms with Gasteiger partial charge in [0, 0.05) is 37.2 Å². The number of urea groups is 1. The molecule has 0 saturated carbocycles. The zero-order valence-electron chi connectivity index (χ0n) is 15.3. The molecule has 2 atom stereocenters. The molecule has 2 heterocycles. The summed E-state index contributed by atoms with van der Waals surface area (Å²) in [6.45, 7) is 5.64. The number of nitrogens with one attached hydrogen (secondary N) is 1. The highest BCUT2D eigenvalue weighted by Gasteiger charge is 2.28. The lowest BCUT2D eigenvalue weighted by molar-refractivity contribution is -0.143. The summed E-state index contributed by atoms with van der Waals surface area (Å²) >= 11 is 0. The lowest BCUT2D eigenvalue weighted by atomic mass is 9.99. The average molecular weight is 362 g/mol. The molecular weight excluding hydrogens is 336 g/mol. The highest BCUT2D eigenvalue weighted by Crippen LogP contribution is 2.35. The number of nitrogens with zero attached hydrogens (tertiary/aromatic N) is 1. The third-order valence-corrected chi connectivity index (χ3v) is 4.87. The second-order valence-electron chi connectivity index (χ2n) is 6.92. The first-order valence-corrected chi connectivity index (χ1v) is 9.18. The number of carboxylic acids is 1. The summed E-state index contributed by atoms with van der Waals surface area (Å²) in [5.41, 5.74) is 1.98. The van der Waals surface area contributed by atoms with E-state index in [9.17, 15) is 9.59 Å². The lowest BCUT2D eigenvalue weighted by Gasteiger charge is -2.30. The molecule has 2 N–H and O–H groups in total. The SMILES string of the molecule is CCOc1cc2c(cc1CNC(=O)N1CCCC(C(=O)O)C1)OC(C)C2. The lowest BCUT2D eigenvalue weighted by Crippen LogP contribution is -2.46. The van der Waals surface area contributed by atoms with Crippen LogP contribution in [-0.4, -0.2) is 47.8 Å². The largest absolute Gasteiger partial charge is 0.494 e. The highest BCUT2D eigenvalue weighted by atomic mass is 16.5. The number of ether oxygens (including phenoxy) is 2. The summed E-state index contributed by atoms with van der Waals surface area (Å²) in [5.74, 6) is 0.273.